The standard InChI is InChI=1S/C24H33NO3/c1-27-21-14-13-18(17-22(21)28-2)15-16-25-24(26)23-19-11-9-7-5-3-4-6-8-10-12-20(19)23/h5-8,13-14,17,19-20,23H,3-4,9-12,15-16H2,1-2H3,(H,25,26)/b7-5-,8-6-/t19-,20-/m0/s1. The van der Waals surface area contributed by atoms with Gasteiger partial charge in [0.1, 0.15) is 0 Å². The van der Waals surface area contributed by atoms with Crippen LogP contribution < -0.4 is 14.8 Å². The van der Waals surface area contributed by atoms with Crippen LogP contribution in [0.2, 0.25) is 0 Å². The van der Waals surface area contributed by atoms with Gasteiger partial charge >= 0.3 is 0 Å². The van der Waals surface area contributed by atoms with Gasteiger partial charge in [0.15, 0.2) is 11.5 Å². The van der Waals surface area contributed by atoms with Crippen molar-refractivity contribution >= 4 is 5.91 Å². The normalized spacial score (nSPS) is 26.7. The molecule has 1 N–H and O–H groups in total. The van der Waals surface area contributed by atoms with Crippen LogP contribution in [0.15, 0.2) is 42.5 Å². The summed E-state index contributed by atoms with van der Waals surface area (Å²) in [5, 5.41) is 3.17. The van der Waals surface area contributed by atoms with Crippen LogP contribution >= 0.6 is 0 Å². The number of benzene rings is 1. The lowest BCUT2D eigenvalue weighted by Crippen LogP contribution is -2.28. The fourth-order valence-corrected chi connectivity index (χ4v) is 4.35. The number of methoxy groups -OCH3 is 2. The number of hydrogen-bond donors (Lipinski definition) is 1. The number of hydrogen-bond acceptors (Lipinski definition) is 3. The molecule has 2 atom stereocenters. The molecular weight excluding hydrogens is 350 g/mol. The van der Waals surface area contributed by atoms with Crippen molar-refractivity contribution < 1.29 is 14.3 Å². The molecule has 0 aliphatic heterocycles. The number of fused-ring (bicyclic) bond motifs is 1. The lowest BCUT2D eigenvalue weighted by molar-refractivity contribution is -0.122. The van der Waals surface area contributed by atoms with E-state index in [9.17, 15) is 4.79 Å². The summed E-state index contributed by atoms with van der Waals surface area (Å²) in [5.74, 6) is 3.00. The topological polar surface area (TPSA) is 47.6 Å². The third kappa shape index (κ3) is 5.40. The second-order valence-corrected chi connectivity index (χ2v) is 7.76. The largest absolute Gasteiger partial charge is 0.493 e. The van der Waals surface area contributed by atoms with Crippen LogP contribution in [0.4, 0.5) is 0 Å². The van der Waals surface area contributed by atoms with Crippen LogP contribution in [0.3, 0.4) is 0 Å². The number of nitrogens with one attached hydrogen (secondary N) is 1. The Morgan fingerprint density at radius 2 is 1.54 bits per heavy atom. The minimum absolute atomic E-state index is 0.202. The third-order valence-electron chi connectivity index (χ3n) is 5.96. The molecule has 1 amide bonds. The summed E-state index contributed by atoms with van der Waals surface area (Å²) in [6.45, 7) is 0.657. The third-order valence-corrected chi connectivity index (χ3v) is 5.96. The molecule has 28 heavy (non-hydrogen) atoms. The zero-order chi connectivity index (χ0) is 19.8. The van der Waals surface area contributed by atoms with Crippen molar-refractivity contribution in [2.75, 3.05) is 20.8 Å². The molecule has 2 aliphatic rings. The minimum atomic E-state index is 0.202. The highest BCUT2D eigenvalue weighted by atomic mass is 16.5. The van der Waals surface area contributed by atoms with Gasteiger partial charge in [0, 0.05) is 12.5 Å². The Hall–Kier alpha value is -2.23. The summed E-state index contributed by atoms with van der Waals surface area (Å²) >= 11 is 0. The Bertz CT molecular complexity index is 686. The monoisotopic (exact) mass is 383 g/mol. The van der Waals surface area contributed by atoms with Gasteiger partial charge in [-0.3, -0.25) is 4.79 Å². The quantitative estimate of drug-likeness (QED) is 0.725. The maximum atomic E-state index is 12.7. The summed E-state index contributed by atoms with van der Waals surface area (Å²) < 4.78 is 10.6. The van der Waals surface area contributed by atoms with Crippen molar-refractivity contribution in [3.05, 3.63) is 48.1 Å². The molecule has 1 saturated carbocycles. The first-order valence-corrected chi connectivity index (χ1v) is 10.5. The first-order chi connectivity index (χ1) is 13.7. The molecule has 0 unspecified atom stereocenters. The van der Waals surface area contributed by atoms with Crippen LogP contribution in [0.25, 0.3) is 0 Å². The van der Waals surface area contributed by atoms with Gasteiger partial charge in [-0.1, -0.05) is 30.4 Å². The first kappa shape index (κ1) is 20.5. The van der Waals surface area contributed by atoms with Crippen LogP contribution in [-0.4, -0.2) is 26.7 Å². The van der Waals surface area contributed by atoms with Crippen molar-refractivity contribution in [1.29, 1.82) is 0 Å². The van der Waals surface area contributed by atoms with E-state index in [0.29, 0.717) is 18.4 Å². The fraction of sp³-hybridized carbons (Fsp3) is 0.542. The van der Waals surface area contributed by atoms with E-state index >= 15 is 0 Å². The Balaban J connectivity index is 1.49. The molecule has 1 aromatic rings. The van der Waals surface area contributed by atoms with Gasteiger partial charge in [-0.15, -0.1) is 0 Å². The van der Waals surface area contributed by atoms with Crippen LogP contribution in [0.1, 0.15) is 44.1 Å². The van der Waals surface area contributed by atoms with E-state index in [1.807, 2.05) is 18.2 Å². The summed E-state index contributed by atoms with van der Waals surface area (Å²) in [5.41, 5.74) is 1.13. The zero-order valence-corrected chi connectivity index (χ0v) is 17.2. The van der Waals surface area contributed by atoms with Crippen molar-refractivity contribution in [3.63, 3.8) is 0 Å². The van der Waals surface area contributed by atoms with E-state index in [-0.39, 0.29) is 11.8 Å². The highest BCUT2D eigenvalue weighted by Gasteiger charge is 2.52. The lowest BCUT2D eigenvalue weighted by atomic mass is 10.1. The van der Waals surface area contributed by atoms with E-state index in [1.165, 1.54) is 0 Å². The number of carbonyl (C=O) groups is 1. The number of allylic oxidation sites excluding steroid dienone is 4. The molecule has 1 fully saturated rings. The molecule has 0 spiro atoms. The van der Waals surface area contributed by atoms with Crippen molar-refractivity contribution in [1.82, 2.24) is 5.32 Å². The van der Waals surface area contributed by atoms with Crippen LogP contribution in [0, 0.1) is 17.8 Å². The summed E-state index contributed by atoms with van der Waals surface area (Å²) in [6.07, 6.45) is 16.7. The van der Waals surface area contributed by atoms with E-state index < -0.39 is 0 Å². The molecular formula is C24H33NO3. The maximum absolute atomic E-state index is 12.7. The number of carbonyl (C=O) groups excluding carboxylic acids is 1. The Morgan fingerprint density at radius 1 is 0.929 bits per heavy atom. The highest BCUT2D eigenvalue weighted by Crippen LogP contribution is 2.52. The fourth-order valence-electron chi connectivity index (χ4n) is 4.35. The molecule has 0 bridgehead atoms. The van der Waals surface area contributed by atoms with Gasteiger partial charge in [0.25, 0.3) is 0 Å². The SMILES string of the molecule is COc1ccc(CCNC(=O)C2[C@H]3CC/C=C\CC/C=C\CC[C@H]23)cc1OC. The molecule has 4 nitrogen and oxygen atoms in total. The number of ether oxygens (including phenoxy) is 2. The van der Waals surface area contributed by atoms with Crippen molar-refractivity contribution in [2.45, 2.75) is 44.9 Å². The summed E-state index contributed by atoms with van der Waals surface area (Å²) in [4.78, 5) is 12.7. The van der Waals surface area contributed by atoms with E-state index in [1.54, 1.807) is 14.2 Å². The molecule has 0 saturated heterocycles. The zero-order valence-electron chi connectivity index (χ0n) is 17.2. The predicted octanol–water partition coefficient (Wildman–Crippen LogP) is 4.69. The van der Waals surface area contributed by atoms with Gasteiger partial charge in [-0.25, -0.2) is 0 Å². The lowest BCUT2D eigenvalue weighted by Gasteiger charge is -2.10. The Morgan fingerprint density at radius 3 is 2.14 bits per heavy atom. The van der Waals surface area contributed by atoms with Gasteiger partial charge in [0.05, 0.1) is 14.2 Å². The average Bonchev–Trinajstić information content (AvgIpc) is 3.40. The molecule has 3 rings (SSSR count). The predicted molar refractivity (Wildman–Crippen MR) is 113 cm³/mol. The van der Waals surface area contributed by atoms with Crippen LogP contribution in [0.5, 0.6) is 11.5 Å². The van der Waals surface area contributed by atoms with Crippen molar-refractivity contribution in [2.24, 2.45) is 17.8 Å². The molecule has 0 radical (unpaired) electrons. The molecule has 0 heterocycles. The highest BCUT2D eigenvalue weighted by molar-refractivity contribution is 5.82. The van der Waals surface area contributed by atoms with E-state index in [0.717, 1.165) is 62.0 Å². The van der Waals surface area contributed by atoms with Gasteiger partial charge in [0.2, 0.25) is 5.91 Å². The van der Waals surface area contributed by atoms with Crippen molar-refractivity contribution in [3.8, 4) is 11.5 Å². The number of amides is 1. The second kappa shape index (κ2) is 10.4. The average molecular weight is 384 g/mol. The maximum Gasteiger partial charge on any atom is 0.223 e. The van der Waals surface area contributed by atoms with E-state index in [4.69, 9.17) is 9.47 Å². The summed E-state index contributed by atoms with van der Waals surface area (Å²) in [6, 6.07) is 5.92. The van der Waals surface area contributed by atoms with E-state index in [2.05, 4.69) is 29.6 Å². The molecule has 152 valence electrons. The Labute approximate surface area is 169 Å². The van der Waals surface area contributed by atoms with Gasteiger partial charge in [-0.05, 0) is 74.5 Å². The molecule has 2 aliphatic carbocycles. The Kier molecular flexibility index (Phi) is 7.58. The second-order valence-electron chi connectivity index (χ2n) is 7.76. The smallest absolute Gasteiger partial charge is 0.223 e. The summed E-state index contributed by atoms with van der Waals surface area (Å²) in [7, 11) is 3.28. The number of rotatable bonds is 6. The van der Waals surface area contributed by atoms with Gasteiger partial charge < -0.3 is 14.8 Å². The molecule has 4 heteroatoms. The van der Waals surface area contributed by atoms with Crippen LogP contribution in [-0.2, 0) is 11.2 Å². The minimum Gasteiger partial charge on any atom is -0.493 e. The molecule has 1 aromatic carbocycles. The van der Waals surface area contributed by atoms with Gasteiger partial charge in [-0.2, -0.15) is 0 Å². The molecule has 0 aromatic heterocycles. The first-order valence-electron chi connectivity index (χ1n) is 10.5.